The largest absolute Gasteiger partial charge is 0.369 e. The van der Waals surface area contributed by atoms with Crippen LogP contribution < -0.4 is 5.73 Å². The summed E-state index contributed by atoms with van der Waals surface area (Å²) >= 11 is 5.56. The summed E-state index contributed by atoms with van der Waals surface area (Å²) in [6.07, 6.45) is 3.71. The molecule has 0 spiro atoms. The zero-order valence-corrected chi connectivity index (χ0v) is 13.4. The first kappa shape index (κ1) is 13.3. The third kappa shape index (κ3) is 2.50. The topological polar surface area (TPSA) is 43.8 Å². The van der Waals surface area contributed by atoms with Gasteiger partial charge in [-0.05, 0) is 43.2 Å². The number of rotatable bonds is 3. The van der Waals surface area contributed by atoms with Crippen LogP contribution in [0, 0.1) is 0 Å². The van der Waals surface area contributed by atoms with Crippen LogP contribution in [-0.4, -0.2) is 20.6 Å². The average Bonchev–Trinajstić information content (AvgIpc) is 2.92. The minimum atomic E-state index is 0.509. The predicted molar refractivity (Wildman–Crippen MR) is 86.7 cm³/mol. The number of nitrogens with two attached hydrogens (primary N) is 1. The van der Waals surface area contributed by atoms with Gasteiger partial charge in [0.05, 0.1) is 11.0 Å². The van der Waals surface area contributed by atoms with Crippen LogP contribution in [0.5, 0.6) is 0 Å². The Kier molecular flexibility index (Phi) is 3.76. The van der Waals surface area contributed by atoms with E-state index in [0.29, 0.717) is 12.0 Å². The van der Waals surface area contributed by atoms with Crippen LogP contribution in [-0.2, 0) is 0 Å². The molecule has 0 bridgehead atoms. The van der Waals surface area contributed by atoms with Gasteiger partial charge in [-0.2, -0.15) is 11.8 Å². The van der Waals surface area contributed by atoms with Gasteiger partial charge in [0.25, 0.3) is 0 Å². The molecule has 2 unspecified atom stereocenters. The molecule has 2 atom stereocenters. The molecule has 1 aromatic carbocycles. The van der Waals surface area contributed by atoms with Crippen molar-refractivity contribution >= 4 is 44.7 Å². The van der Waals surface area contributed by atoms with Crippen LogP contribution in [0.2, 0.25) is 0 Å². The molecule has 1 aliphatic rings. The van der Waals surface area contributed by atoms with E-state index < -0.39 is 0 Å². The Bertz CT molecular complexity index is 596. The Morgan fingerprint density at radius 2 is 2.32 bits per heavy atom. The van der Waals surface area contributed by atoms with Gasteiger partial charge in [0.15, 0.2) is 0 Å². The molecule has 102 valence electrons. The van der Waals surface area contributed by atoms with Gasteiger partial charge < -0.3 is 10.3 Å². The third-order valence-corrected chi connectivity index (χ3v) is 5.53. The van der Waals surface area contributed by atoms with Crippen LogP contribution in [0.3, 0.4) is 0 Å². The fourth-order valence-corrected chi connectivity index (χ4v) is 4.49. The fraction of sp³-hybridized carbons (Fsp3) is 0.500. The lowest BCUT2D eigenvalue weighted by molar-refractivity contribution is 0.540. The van der Waals surface area contributed by atoms with E-state index in [1.54, 1.807) is 0 Å². The van der Waals surface area contributed by atoms with Crippen molar-refractivity contribution in [3.8, 4) is 0 Å². The number of halogens is 1. The number of hydrogen-bond donors (Lipinski definition) is 1. The summed E-state index contributed by atoms with van der Waals surface area (Å²) in [7, 11) is 0. The number of fused-ring (bicyclic) bond motifs is 1. The number of imidazole rings is 1. The first-order valence-corrected chi connectivity index (χ1v) is 8.57. The van der Waals surface area contributed by atoms with E-state index in [2.05, 4.69) is 56.3 Å². The number of nitrogen functional groups attached to an aromatic ring is 1. The van der Waals surface area contributed by atoms with Gasteiger partial charge in [-0.15, -0.1) is 0 Å². The SMILES string of the molecule is CCSC1CCC(n2c(N)nc3cc(Br)ccc32)C1. The first-order valence-electron chi connectivity index (χ1n) is 6.73. The van der Waals surface area contributed by atoms with Crippen molar-refractivity contribution < 1.29 is 0 Å². The highest BCUT2D eigenvalue weighted by molar-refractivity contribution is 9.10. The molecule has 0 aliphatic heterocycles. The summed E-state index contributed by atoms with van der Waals surface area (Å²) in [6, 6.07) is 6.72. The molecular weight excluding hydrogens is 322 g/mol. The van der Waals surface area contributed by atoms with Crippen LogP contribution in [0.1, 0.15) is 32.2 Å². The standard InChI is InChI=1S/C14H18BrN3S/c1-2-19-11-5-4-10(8-11)18-13-6-3-9(15)7-12(13)17-14(18)16/h3,6-7,10-11H,2,4-5,8H2,1H3,(H2,16,17). The van der Waals surface area contributed by atoms with Crippen LogP contribution in [0.25, 0.3) is 11.0 Å². The minimum absolute atomic E-state index is 0.509. The Morgan fingerprint density at radius 1 is 1.47 bits per heavy atom. The van der Waals surface area contributed by atoms with Gasteiger partial charge in [0, 0.05) is 15.8 Å². The number of hydrogen-bond acceptors (Lipinski definition) is 3. The normalized spacial score (nSPS) is 23.3. The van der Waals surface area contributed by atoms with E-state index in [0.717, 1.165) is 20.8 Å². The fourth-order valence-electron chi connectivity index (χ4n) is 3.01. The molecule has 3 nitrogen and oxygen atoms in total. The Morgan fingerprint density at radius 3 is 3.11 bits per heavy atom. The van der Waals surface area contributed by atoms with Gasteiger partial charge in [-0.3, -0.25) is 0 Å². The number of nitrogens with zero attached hydrogens (tertiary/aromatic N) is 2. The highest BCUT2D eigenvalue weighted by Gasteiger charge is 2.28. The van der Waals surface area contributed by atoms with E-state index >= 15 is 0 Å². The molecule has 19 heavy (non-hydrogen) atoms. The van der Waals surface area contributed by atoms with Crippen molar-refractivity contribution in [3.63, 3.8) is 0 Å². The third-order valence-electron chi connectivity index (χ3n) is 3.80. The van der Waals surface area contributed by atoms with Crippen LogP contribution >= 0.6 is 27.7 Å². The van der Waals surface area contributed by atoms with E-state index in [-0.39, 0.29) is 0 Å². The summed E-state index contributed by atoms with van der Waals surface area (Å²) in [5.74, 6) is 1.85. The molecule has 1 fully saturated rings. The van der Waals surface area contributed by atoms with Gasteiger partial charge in [-0.1, -0.05) is 22.9 Å². The maximum absolute atomic E-state index is 6.13. The lowest BCUT2D eigenvalue weighted by Crippen LogP contribution is -2.09. The van der Waals surface area contributed by atoms with E-state index in [1.807, 2.05) is 6.07 Å². The zero-order valence-electron chi connectivity index (χ0n) is 11.0. The van der Waals surface area contributed by atoms with Crippen molar-refractivity contribution in [3.05, 3.63) is 22.7 Å². The summed E-state index contributed by atoms with van der Waals surface area (Å²) < 4.78 is 3.29. The molecule has 0 saturated heterocycles. The van der Waals surface area contributed by atoms with Crippen LogP contribution in [0.4, 0.5) is 5.95 Å². The van der Waals surface area contributed by atoms with Crippen molar-refractivity contribution in [1.29, 1.82) is 0 Å². The molecule has 0 amide bonds. The van der Waals surface area contributed by atoms with Crippen molar-refractivity contribution in [2.75, 3.05) is 11.5 Å². The number of aromatic nitrogens is 2. The lowest BCUT2D eigenvalue weighted by atomic mass is 10.2. The van der Waals surface area contributed by atoms with Gasteiger partial charge in [0.2, 0.25) is 5.95 Å². The molecule has 0 radical (unpaired) electrons. The summed E-state index contributed by atoms with van der Waals surface area (Å²) in [5, 5.41) is 0.780. The minimum Gasteiger partial charge on any atom is -0.369 e. The molecule has 2 N–H and O–H groups in total. The molecule has 2 aromatic rings. The highest BCUT2D eigenvalue weighted by Crippen LogP contribution is 2.39. The zero-order chi connectivity index (χ0) is 13.4. The lowest BCUT2D eigenvalue weighted by Gasteiger charge is -2.15. The molecule has 5 heteroatoms. The predicted octanol–water partition coefficient (Wildman–Crippen LogP) is 4.23. The first-order chi connectivity index (χ1) is 9.19. The number of anilines is 1. The van der Waals surface area contributed by atoms with Crippen molar-refractivity contribution in [1.82, 2.24) is 9.55 Å². The molecule has 1 saturated carbocycles. The second kappa shape index (κ2) is 5.37. The number of benzene rings is 1. The quantitative estimate of drug-likeness (QED) is 0.909. The molecule has 1 heterocycles. The summed E-state index contributed by atoms with van der Waals surface area (Å²) in [6.45, 7) is 2.23. The Balaban J connectivity index is 1.95. The van der Waals surface area contributed by atoms with Crippen molar-refractivity contribution in [2.45, 2.75) is 37.5 Å². The molecular formula is C14H18BrN3S. The smallest absolute Gasteiger partial charge is 0.201 e. The van der Waals surface area contributed by atoms with E-state index in [4.69, 9.17) is 5.73 Å². The van der Waals surface area contributed by atoms with E-state index in [9.17, 15) is 0 Å². The van der Waals surface area contributed by atoms with Crippen molar-refractivity contribution in [2.24, 2.45) is 0 Å². The van der Waals surface area contributed by atoms with Gasteiger partial charge in [0.1, 0.15) is 0 Å². The molecule has 1 aliphatic carbocycles. The molecule has 3 rings (SSSR count). The summed E-state index contributed by atoms with van der Waals surface area (Å²) in [4.78, 5) is 4.49. The molecule has 1 aromatic heterocycles. The highest BCUT2D eigenvalue weighted by atomic mass is 79.9. The van der Waals surface area contributed by atoms with E-state index in [1.165, 1.54) is 25.0 Å². The maximum atomic E-state index is 6.13. The monoisotopic (exact) mass is 339 g/mol. The second-order valence-corrected chi connectivity index (χ2v) is 7.51. The van der Waals surface area contributed by atoms with Crippen LogP contribution in [0.15, 0.2) is 22.7 Å². The van der Waals surface area contributed by atoms with Gasteiger partial charge in [-0.25, -0.2) is 4.98 Å². The summed E-state index contributed by atoms with van der Waals surface area (Å²) in [5.41, 5.74) is 8.28. The Hall–Kier alpha value is -0.680. The second-order valence-electron chi connectivity index (χ2n) is 5.02. The maximum Gasteiger partial charge on any atom is 0.201 e. The Labute approximate surface area is 126 Å². The number of thioether (sulfide) groups is 1. The van der Waals surface area contributed by atoms with Gasteiger partial charge >= 0.3 is 0 Å². The average molecular weight is 340 g/mol.